The number of benzene rings is 2. The molecule has 3 atom stereocenters. The number of rotatable bonds is 6. The maximum Gasteiger partial charge on any atom is 0.125 e. The van der Waals surface area contributed by atoms with Crippen molar-refractivity contribution in [2.75, 3.05) is 6.54 Å². The summed E-state index contributed by atoms with van der Waals surface area (Å²) in [5.74, 6) is 2.82. The highest BCUT2D eigenvalue weighted by molar-refractivity contribution is 5.40. The summed E-state index contributed by atoms with van der Waals surface area (Å²) in [7, 11) is 0. The van der Waals surface area contributed by atoms with Gasteiger partial charge in [-0.15, -0.1) is 0 Å². The minimum atomic E-state index is -0.181. The van der Waals surface area contributed by atoms with Gasteiger partial charge in [0.1, 0.15) is 11.4 Å². The highest BCUT2D eigenvalue weighted by Crippen LogP contribution is 2.51. The molecule has 2 heteroatoms. The Balaban J connectivity index is 1.68. The van der Waals surface area contributed by atoms with Crippen molar-refractivity contribution in [3.8, 4) is 5.75 Å². The van der Waals surface area contributed by atoms with Crippen LogP contribution in [0.2, 0.25) is 0 Å². The molecule has 0 saturated heterocycles. The average molecular weight is 364 g/mol. The van der Waals surface area contributed by atoms with Gasteiger partial charge >= 0.3 is 0 Å². The maximum atomic E-state index is 6.70. The Morgan fingerprint density at radius 3 is 2.44 bits per heavy atom. The summed E-state index contributed by atoms with van der Waals surface area (Å²) in [5.41, 5.74) is 9.05. The predicted octanol–water partition coefficient (Wildman–Crippen LogP) is 5.71. The van der Waals surface area contributed by atoms with Crippen LogP contribution in [0.25, 0.3) is 0 Å². The Morgan fingerprint density at radius 2 is 1.74 bits per heavy atom. The van der Waals surface area contributed by atoms with E-state index in [1.54, 1.807) is 0 Å². The molecule has 1 aliphatic carbocycles. The van der Waals surface area contributed by atoms with Gasteiger partial charge in [0, 0.05) is 6.54 Å². The number of hydrogen-bond acceptors (Lipinski definition) is 2. The fraction of sp³-hybridized carbons (Fsp3) is 0.520. The summed E-state index contributed by atoms with van der Waals surface area (Å²) in [4.78, 5) is 0. The van der Waals surface area contributed by atoms with E-state index in [1.165, 1.54) is 43.2 Å². The van der Waals surface area contributed by atoms with E-state index < -0.39 is 0 Å². The molecule has 1 aliphatic heterocycles. The molecule has 4 rings (SSSR count). The van der Waals surface area contributed by atoms with E-state index in [0.29, 0.717) is 24.3 Å². The molecule has 2 aromatic rings. The smallest absolute Gasteiger partial charge is 0.125 e. The summed E-state index contributed by atoms with van der Waals surface area (Å²) < 4.78 is 6.70. The van der Waals surface area contributed by atoms with E-state index in [4.69, 9.17) is 10.5 Å². The largest absolute Gasteiger partial charge is 0.485 e. The van der Waals surface area contributed by atoms with Crippen molar-refractivity contribution in [3.63, 3.8) is 0 Å². The van der Waals surface area contributed by atoms with Crippen LogP contribution >= 0.6 is 0 Å². The third kappa shape index (κ3) is 3.65. The zero-order valence-corrected chi connectivity index (χ0v) is 16.6. The fourth-order valence-corrected chi connectivity index (χ4v) is 5.52. The molecular weight excluding hydrogens is 330 g/mol. The lowest BCUT2D eigenvalue weighted by Gasteiger charge is -2.47. The van der Waals surface area contributed by atoms with E-state index in [9.17, 15) is 0 Å². The van der Waals surface area contributed by atoms with Crippen molar-refractivity contribution in [2.45, 2.75) is 63.4 Å². The van der Waals surface area contributed by atoms with Gasteiger partial charge < -0.3 is 10.5 Å². The maximum absolute atomic E-state index is 6.70. The summed E-state index contributed by atoms with van der Waals surface area (Å²) in [6.45, 7) is 2.97. The van der Waals surface area contributed by atoms with Gasteiger partial charge in [0.15, 0.2) is 0 Å². The number of para-hydroxylation sites is 1. The summed E-state index contributed by atoms with van der Waals surface area (Å²) in [6.07, 6.45) is 8.55. The first kappa shape index (κ1) is 18.6. The third-order valence-corrected chi connectivity index (χ3v) is 7.08. The molecule has 0 amide bonds. The van der Waals surface area contributed by atoms with E-state index in [1.807, 2.05) is 0 Å². The molecule has 3 unspecified atom stereocenters. The number of fused-ring (bicyclic) bond motifs is 1. The van der Waals surface area contributed by atoms with Crippen LogP contribution in [-0.2, 0) is 6.42 Å². The standard InChI is InChI=1S/C25H33NO/c1-2-20(16-19-10-4-3-5-11-19)23-17-25(18-26,21-12-6-7-13-21)27-24-15-9-8-14-22(23)24/h3-5,8-11,14-15,20-21,23H,2,6-7,12-13,16-18,26H2,1H3. The molecule has 144 valence electrons. The van der Waals surface area contributed by atoms with Crippen LogP contribution in [0.15, 0.2) is 54.6 Å². The van der Waals surface area contributed by atoms with Gasteiger partial charge in [-0.3, -0.25) is 0 Å². The predicted molar refractivity (Wildman–Crippen MR) is 112 cm³/mol. The molecule has 27 heavy (non-hydrogen) atoms. The van der Waals surface area contributed by atoms with Gasteiger partial charge in [0.05, 0.1) is 0 Å². The van der Waals surface area contributed by atoms with Crippen molar-refractivity contribution < 1.29 is 4.74 Å². The van der Waals surface area contributed by atoms with Gasteiger partial charge in [0.2, 0.25) is 0 Å². The Labute approximate surface area is 164 Å². The minimum absolute atomic E-state index is 0.181. The lowest BCUT2D eigenvalue weighted by atomic mass is 9.69. The van der Waals surface area contributed by atoms with Gasteiger partial charge in [-0.25, -0.2) is 0 Å². The number of ether oxygens (including phenoxy) is 1. The van der Waals surface area contributed by atoms with Crippen molar-refractivity contribution in [3.05, 3.63) is 65.7 Å². The number of hydrogen-bond donors (Lipinski definition) is 1. The molecule has 1 heterocycles. The first-order chi connectivity index (χ1) is 13.3. The van der Waals surface area contributed by atoms with E-state index >= 15 is 0 Å². The van der Waals surface area contributed by atoms with E-state index in [0.717, 1.165) is 18.6 Å². The van der Waals surface area contributed by atoms with Crippen LogP contribution in [0, 0.1) is 11.8 Å². The zero-order chi connectivity index (χ0) is 18.7. The Hall–Kier alpha value is -1.80. The van der Waals surface area contributed by atoms with Gasteiger partial charge in [-0.05, 0) is 60.6 Å². The van der Waals surface area contributed by atoms with E-state index in [-0.39, 0.29) is 5.60 Å². The molecule has 2 N–H and O–H groups in total. The highest BCUT2D eigenvalue weighted by atomic mass is 16.5. The number of nitrogens with two attached hydrogens (primary N) is 1. The summed E-state index contributed by atoms with van der Waals surface area (Å²) >= 11 is 0. The quantitative estimate of drug-likeness (QED) is 0.713. The van der Waals surface area contributed by atoms with Crippen LogP contribution in [0.3, 0.4) is 0 Å². The first-order valence-corrected chi connectivity index (χ1v) is 10.8. The zero-order valence-electron chi connectivity index (χ0n) is 16.6. The Bertz CT molecular complexity index is 737. The molecular formula is C25H33NO. The molecule has 0 radical (unpaired) electrons. The van der Waals surface area contributed by atoms with Crippen molar-refractivity contribution in [1.82, 2.24) is 0 Å². The second kappa shape index (κ2) is 8.06. The molecule has 0 aromatic heterocycles. The van der Waals surface area contributed by atoms with Gasteiger partial charge in [0.25, 0.3) is 0 Å². The van der Waals surface area contributed by atoms with E-state index in [2.05, 4.69) is 61.5 Å². The molecule has 1 saturated carbocycles. The lowest BCUT2D eigenvalue weighted by molar-refractivity contribution is -0.0171. The molecule has 2 nitrogen and oxygen atoms in total. The second-order valence-corrected chi connectivity index (χ2v) is 8.56. The van der Waals surface area contributed by atoms with Crippen molar-refractivity contribution in [2.24, 2.45) is 17.6 Å². The average Bonchev–Trinajstić information content (AvgIpc) is 3.27. The van der Waals surface area contributed by atoms with Crippen LogP contribution in [0.1, 0.15) is 62.5 Å². The molecule has 2 aliphatic rings. The van der Waals surface area contributed by atoms with Crippen LogP contribution in [0.4, 0.5) is 0 Å². The van der Waals surface area contributed by atoms with Crippen LogP contribution in [-0.4, -0.2) is 12.1 Å². The molecule has 0 bridgehead atoms. The molecule has 0 spiro atoms. The monoisotopic (exact) mass is 363 g/mol. The van der Waals surface area contributed by atoms with Crippen LogP contribution in [0.5, 0.6) is 5.75 Å². The lowest BCUT2D eigenvalue weighted by Crippen LogP contribution is -2.53. The Morgan fingerprint density at radius 1 is 1.04 bits per heavy atom. The summed E-state index contributed by atoms with van der Waals surface area (Å²) in [5, 5.41) is 0. The molecule has 2 aromatic carbocycles. The third-order valence-electron chi connectivity index (χ3n) is 7.08. The first-order valence-electron chi connectivity index (χ1n) is 10.8. The summed E-state index contributed by atoms with van der Waals surface area (Å²) in [6, 6.07) is 19.7. The van der Waals surface area contributed by atoms with Crippen LogP contribution < -0.4 is 10.5 Å². The van der Waals surface area contributed by atoms with Gasteiger partial charge in [-0.2, -0.15) is 0 Å². The minimum Gasteiger partial charge on any atom is -0.485 e. The SMILES string of the molecule is CCC(Cc1ccccc1)C1CC(CN)(C2CCCC2)Oc2ccccc21. The topological polar surface area (TPSA) is 35.2 Å². The molecule has 1 fully saturated rings. The highest BCUT2D eigenvalue weighted by Gasteiger charge is 2.47. The van der Waals surface area contributed by atoms with Crippen molar-refractivity contribution >= 4 is 0 Å². The van der Waals surface area contributed by atoms with Gasteiger partial charge in [-0.1, -0.05) is 74.7 Å². The fourth-order valence-electron chi connectivity index (χ4n) is 5.52. The van der Waals surface area contributed by atoms with Crippen molar-refractivity contribution in [1.29, 1.82) is 0 Å². The Kier molecular flexibility index (Phi) is 5.54. The second-order valence-electron chi connectivity index (χ2n) is 8.56. The normalized spacial score (nSPS) is 26.4.